The second-order valence-electron chi connectivity index (χ2n) is 5.45. The van der Waals surface area contributed by atoms with Crippen molar-refractivity contribution in [1.82, 2.24) is 5.32 Å². The van der Waals surface area contributed by atoms with Gasteiger partial charge in [0, 0.05) is 17.1 Å². The van der Waals surface area contributed by atoms with Gasteiger partial charge in [0.15, 0.2) is 12.0 Å². The average Bonchev–Trinajstić information content (AvgIpc) is 2.53. The van der Waals surface area contributed by atoms with E-state index in [2.05, 4.69) is 5.32 Å². The Bertz CT molecular complexity index is 814. The van der Waals surface area contributed by atoms with Gasteiger partial charge in [-0.05, 0) is 31.5 Å². The molecule has 0 spiro atoms. The Morgan fingerprint density at radius 2 is 2.08 bits per heavy atom. The van der Waals surface area contributed by atoms with Crippen LogP contribution >= 0.6 is 11.6 Å². The van der Waals surface area contributed by atoms with Crippen LogP contribution in [0.1, 0.15) is 37.2 Å². The SMILES string of the molecule is CCC[C@@H](C)NC(=O)COC(=O)c1cc(=O)c2cc(Cl)ccc2o1. The van der Waals surface area contributed by atoms with Crippen molar-refractivity contribution in [2.24, 2.45) is 0 Å². The van der Waals surface area contributed by atoms with Gasteiger partial charge >= 0.3 is 5.97 Å². The maximum absolute atomic E-state index is 12.0. The third-order valence-corrected chi connectivity index (χ3v) is 3.59. The van der Waals surface area contributed by atoms with Crippen LogP contribution in [0.3, 0.4) is 0 Å². The smallest absolute Gasteiger partial charge is 0.374 e. The summed E-state index contributed by atoms with van der Waals surface area (Å²) in [6, 6.07) is 5.53. The maximum Gasteiger partial charge on any atom is 0.374 e. The van der Waals surface area contributed by atoms with E-state index in [9.17, 15) is 14.4 Å². The Balaban J connectivity index is 2.05. The number of hydrogen-bond acceptors (Lipinski definition) is 5. The molecular weight excluding hydrogens is 334 g/mol. The molecule has 7 heteroatoms. The normalized spacial score (nSPS) is 12.0. The zero-order valence-electron chi connectivity index (χ0n) is 13.4. The van der Waals surface area contributed by atoms with Crippen LogP contribution in [0.2, 0.25) is 5.02 Å². The van der Waals surface area contributed by atoms with Crippen LogP contribution < -0.4 is 10.7 Å². The minimum Gasteiger partial charge on any atom is -0.450 e. The third-order valence-electron chi connectivity index (χ3n) is 3.35. The van der Waals surface area contributed by atoms with Gasteiger partial charge in [-0.3, -0.25) is 9.59 Å². The molecule has 2 rings (SSSR count). The van der Waals surface area contributed by atoms with Crippen molar-refractivity contribution < 1.29 is 18.7 Å². The number of carbonyl (C=O) groups excluding carboxylic acids is 2. The van der Waals surface area contributed by atoms with Gasteiger partial charge < -0.3 is 14.5 Å². The highest BCUT2D eigenvalue weighted by Gasteiger charge is 2.16. The predicted molar refractivity (Wildman–Crippen MR) is 90.3 cm³/mol. The highest BCUT2D eigenvalue weighted by atomic mass is 35.5. The number of hydrogen-bond donors (Lipinski definition) is 1. The van der Waals surface area contributed by atoms with Gasteiger partial charge in [0.1, 0.15) is 5.58 Å². The minimum atomic E-state index is -0.873. The van der Waals surface area contributed by atoms with Crippen molar-refractivity contribution in [3.8, 4) is 0 Å². The second kappa shape index (κ2) is 7.97. The van der Waals surface area contributed by atoms with Crippen molar-refractivity contribution >= 4 is 34.4 Å². The van der Waals surface area contributed by atoms with Gasteiger partial charge in [0.25, 0.3) is 5.91 Å². The number of esters is 1. The second-order valence-corrected chi connectivity index (χ2v) is 5.89. The molecule has 0 saturated heterocycles. The van der Waals surface area contributed by atoms with Gasteiger partial charge in [-0.25, -0.2) is 4.79 Å². The summed E-state index contributed by atoms with van der Waals surface area (Å²) in [7, 11) is 0. The van der Waals surface area contributed by atoms with Crippen LogP contribution in [-0.4, -0.2) is 24.5 Å². The van der Waals surface area contributed by atoms with Crippen molar-refractivity contribution in [3.63, 3.8) is 0 Å². The maximum atomic E-state index is 12.0. The summed E-state index contributed by atoms with van der Waals surface area (Å²) in [4.78, 5) is 35.7. The predicted octanol–water partition coefficient (Wildman–Crippen LogP) is 2.91. The third kappa shape index (κ3) is 4.58. The lowest BCUT2D eigenvalue weighted by Crippen LogP contribution is -2.35. The van der Waals surface area contributed by atoms with Gasteiger partial charge in [0.2, 0.25) is 5.76 Å². The largest absolute Gasteiger partial charge is 0.450 e. The molecule has 24 heavy (non-hydrogen) atoms. The van der Waals surface area contributed by atoms with E-state index < -0.39 is 23.9 Å². The number of rotatable bonds is 6. The zero-order valence-corrected chi connectivity index (χ0v) is 14.2. The Morgan fingerprint density at radius 1 is 1.33 bits per heavy atom. The fraction of sp³-hybridized carbons (Fsp3) is 0.353. The molecule has 0 saturated carbocycles. The molecule has 0 radical (unpaired) electrons. The first-order valence-electron chi connectivity index (χ1n) is 7.60. The van der Waals surface area contributed by atoms with Gasteiger partial charge in [0.05, 0.1) is 5.39 Å². The molecule has 0 bridgehead atoms. The first-order chi connectivity index (χ1) is 11.4. The topological polar surface area (TPSA) is 85.6 Å². The molecule has 0 unspecified atom stereocenters. The molecule has 0 fully saturated rings. The van der Waals surface area contributed by atoms with Crippen LogP contribution in [0.4, 0.5) is 0 Å². The van der Waals surface area contributed by atoms with Crippen LogP contribution in [0.15, 0.2) is 33.5 Å². The average molecular weight is 352 g/mol. The Morgan fingerprint density at radius 3 is 2.79 bits per heavy atom. The van der Waals surface area contributed by atoms with Crippen LogP contribution in [0.25, 0.3) is 11.0 Å². The quantitative estimate of drug-likeness (QED) is 0.809. The molecule has 0 aliphatic carbocycles. The number of nitrogens with one attached hydrogen (secondary N) is 1. The number of amides is 1. The van der Waals surface area contributed by atoms with E-state index in [1.165, 1.54) is 12.1 Å². The van der Waals surface area contributed by atoms with Gasteiger partial charge in [-0.2, -0.15) is 0 Å². The van der Waals surface area contributed by atoms with Crippen molar-refractivity contribution in [3.05, 3.63) is 45.3 Å². The molecule has 1 aromatic carbocycles. The number of fused-ring (bicyclic) bond motifs is 1. The number of halogens is 1. The molecule has 128 valence electrons. The lowest BCUT2D eigenvalue weighted by Gasteiger charge is -2.12. The molecule has 1 aromatic heterocycles. The number of carbonyl (C=O) groups is 2. The highest BCUT2D eigenvalue weighted by Crippen LogP contribution is 2.18. The summed E-state index contributed by atoms with van der Waals surface area (Å²) < 4.78 is 10.2. The molecule has 1 N–H and O–H groups in total. The minimum absolute atomic E-state index is 0.00421. The summed E-state index contributed by atoms with van der Waals surface area (Å²) in [6.45, 7) is 3.45. The first-order valence-corrected chi connectivity index (χ1v) is 7.98. The summed E-state index contributed by atoms with van der Waals surface area (Å²) in [5.74, 6) is -1.54. The molecule has 0 aliphatic heterocycles. The van der Waals surface area contributed by atoms with E-state index in [1.807, 2.05) is 13.8 Å². The number of benzene rings is 1. The fourth-order valence-electron chi connectivity index (χ4n) is 2.25. The number of ether oxygens (including phenoxy) is 1. The summed E-state index contributed by atoms with van der Waals surface area (Å²) >= 11 is 5.82. The van der Waals surface area contributed by atoms with E-state index in [-0.39, 0.29) is 22.8 Å². The summed E-state index contributed by atoms with van der Waals surface area (Å²) in [5, 5.41) is 3.37. The summed E-state index contributed by atoms with van der Waals surface area (Å²) in [5.41, 5.74) is -0.188. The Labute approximate surface area is 143 Å². The molecule has 1 amide bonds. The van der Waals surface area contributed by atoms with Crippen molar-refractivity contribution in [1.29, 1.82) is 0 Å². The first kappa shape index (κ1) is 18.0. The Kier molecular flexibility index (Phi) is 5.98. The van der Waals surface area contributed by atoms with E-state index in [0.29, 0.717) is 5.02 Å². The van der Waals surface area contributed by atoms with E-state index in [0.717, 1.165) is 18.9 Å². The molecule has 2 aromatic rings. The molecule has 1 heterocycles. The molecule has 0 aliphatic rings. The van der Waals surface area contributed by atoms with E-state index in [4.69, 9.17) is 20.8 Å². The lowest BCUT2D eigenvalue weighted by molar-refractivity contribution is -0.124. The van der Waals surface area contributed by atoms with Crippen molar-refractivity contribution in [2.45, 2.75) is 32.7 Å². The van der Waals surface area contributed by atoms with Crippen molar-refractivity contribution in [2.75, 3.05) is 6.61 Å². The molecule has 6 nitrogen and oxygen atoms in total. The monoisotopic (exact) mass is 351 g/mol. The van der Waals surface area contributed by atoms with Crippen LogP contribution in [-0.2, 0) is 9.53 Å². The summed E-state index contributed by atoms with van der Waals surface area (Å²) in [6.07, 6.45) is 1.77. The van der Waals surface area contributed by atoms with E-state index >= 15 is 0 Å². The standard InChI is InChI=1S/C17H18ClNO5/c1-3-4-10(2)19-16(21)9-23-17(22)15-8-13(20)12-7-11(18)5-6-14(12)24-15/h5-8,10H,3-4,9H2,1-2H3,(H,19,21)/t10-/m1/s1. The Hall–Kier alpha value is -2.34. The molecular formula is C17H18ClNO5. The fourth-order valence-corrected chi connectivity index (χ4v) is 2.43. The molecule has 1 atom stereocenters. The van der Waals surface area contributed by atoms with E-state index in [1.54, 1.807) is 6.07 Å². The lowest BCUT2D eigenvalue weighted by atomic mass is 10.2. The van der Waals surface area contributed by atoms with Gasteiger partial charge in [-0.15, -0.1) is 0 Å². The zero-order chi connectivity index (χ0) is 17.7. The highest BCUT2D eigenvalue weighted by molar-refractivity contribution is 6.31. The van der Waals surface area contributed by atoms with Crippen LogP contribution in [0.5, 0.6) is 0 Å². The van der Waals surface area contributed by atoms with Crippen LogP contribution in [0, 0.1) is 0 Å². The van der Waals surface area contributed by atoms with Gasteiger partial charge in [-0.1, -0.05) is 24.9 Å².